The molecule has 1 aliphatic heterocycles. The lowest BCUT2D eigenvalue weighted by Gasteiger charge is -2.37. The first-order chi connectivity index (χ1) is 12.2. The predicted octanol–water partition coefficient (Wildman–Crippen LogP) is 2.74. The Labute approximate surface area is 148 Å². The van der Waals surface area contributed by atoms with Crippen molar-refractivity contribution in [2.45, 2.75) is 45.4 Å². The maximum absolute atomic E-state index is 6.04. The number of ether oxygens (including phenoxy) is 2. The van der Waals surface area contributed by atoms with Gasteiger partial charge < -0.3 is 14.0 Å². The fourth-order valence-corrected chi connectivity index (χ4v) is 4.02. The Morgan fingerprint density at radius 3 is 2.96 bits per heavy atom. The SMILES string of the molecule is Cc1noc(C)c1CN1CCOC2CC(COc3ccccn3)CC21. The Hall–Kier alpha value is -1.92. The van der Waals surface area contributed by atoms with E-state index in [1.807, 2.05) is 32.0 Å². The summed E-state index contributed by atoms with van der Waals surface area (Å²) in [5.41, 5.74) is 2.21. The van der Waals surface area contributed by atoms with Gasteiger partial charge in [-0.2, -0.15) is 0 Å². The molecule has 1 aliphatic carbocycles. The molecule has 1 saturated heterocycles. The fraction of sp³-hybridized carbons (Fsp3) is 0.579. The summed E-state index contributed by atoms with van der Waals surface area (Å²) in [5, 5.41) is 4.09. The van der Waals surface area contributed by atoms with Crippen LogP contribution in [0.1, 0.15) is 29.9 Å². The molecule has 25 heavy (non-hydrogen) atoms. The molecule has 2 aromatic rings. The number of aryl methyl sites for hydroxylation is 2. The monoisotopic (exact) mass is 343 g/mol. The number of hydrogen-bond donors (Lipinski definition) is 0. The van der Waals surface area contributed by atoms with E-state index in [1.165, 1.54) is 5.56 Å². The lowest BCUT2D eigenvalue weighted by molar-refractivity contribution is -0.0592. The van der Waals surface area contributed by atoms with Crippen LogP contribution in [0.4, 0.5) is 0 Å². The van der Waals surface area contributed by atoms with Gasteiger partial charge in [-0.15, -0.1) is 0 Å². The Balaban J connectivity index is 1.38. The fourth-order valence-electron chi connectivity index (χ4n) is 4.02. The van der Waals surface area contributed by atoms with Crippen molar-refractivity contribution in [1.29, 1.82) is 0 Å². The second-order valence-corrected chi connectivity index (χ2v) is 7.07. The van der Waals surface area contributed by atoms with Crippen molar-refractivity contribution in [1.82, 2.24) is 15.0 Å². The normalized spacial score (nSPS) is 26.6. The van der Waals surface area contributed by atoms with Gasteiger partial charge in [-0.05, 0) is 38.7 Å². The van der Waals surface area contributed by atoms with E-state index in [4.69, 9.17) is 14.0 Å². The summed E-state index contributed by atoms with van der Waals surface area (Å²) in [6, 6.07) is 6.20. The highest BCUT2D eigenvalue weighted by molar-refractivity contribution is 5.21. The van der Waals surface area contributed by atoms with Crippen molar-refractivity contribution >= 4 is 0 Å². The molecule has 3 unspecified atom stereocenters. The van der Waals surface area contributed by atoms with Crippen molar-refractivity contribution in [2.24, 2.45) is 5.92 Å². The quantitative estimate of drug-likeness (QED) is 0.832. The van der Waals surface area contributed by atoms with Gasteiger partial charge in [0, 0.05) is 37.0 Å². The molecular weight excluding hydrogens is 318 g/mol. The summed E-state index contributed by atoms with van der Waals surface area (Å²) >= 11 is 0. The third-order valence-corrected chi connectivity index (χ3v) is 5.40. The van der Waals surface area contributed by atoms with E-state index < -0.39 is 0 Å². The van der Waals surface area contributed by atoms with Gasteiger partial charge >= 0.3 is 0 Å². The average molecular weight is 343 g/mol. The first kappa shape index (κ1) is 16.5. The van der Waals surface area contributed by atoms with Crippen LogP contribution in [0.3, 0.4) is 0 Å². The van der Waals surface area contributed by atoms with Crippen molar-refractivity contribution in [3.63, 3.8) is 0 Å². The summed E-state index contributed by atoms with van der Waals surface area (Å²) in [7, 11) is 0. The van der Waals surface area contributed by atoms with E-state index in [9.17, 15) is 0 Å². The smallest absolute Gasteiger partial charge is 0.213 e. The molecule has 0 aromatic carbocycles. The second kappa shape index (κ2) is 7.14. The Bertz CT molecular complexity index is 684. The highest BCUT2D eigenvalue weighted by Crippen LogP contribution is 2.35. The van der Waals surface area contributed by atoms with Gasteiger partial charge in [0.25, 0.3) is 0 Å². The lowest BCUT2D eigenvalue weighted by atomic mass is 10.1. The van der Waals surface area contributed by atoms with Crippen molar-refractivity contribution < 1.29 is 14.0 Å². The Kier molecular flexibility index (Phi) is 4.72. The number of aromatic nitrogens is 2. The Morgan fingerprint density at radius 2 is 2.20 bits per heavy atom. The van der Waals surface area contributed by atoms with Crippen molar-refractivity contribution in [3.8, 4) is 5.88 Å². The third kappa shape index (κ3) is 3.55. The minimum Gasteiger partial charge on any atom is -0.477 e. The molecule has 0 amide bonds. The van der Waals surface area contributed by atoms with Gasteiger partial charge in [0.2, 0.25) is 5.88 Å². The third-order valence-electron chi connectivity index (χ3n) is 5.40. The van der Waals surface area contributed by atoms with Crippen LogP contribution in [-0.2, 0) is 11.3 Å². The summed E-state index contributed by atoms with van der Waals surface area (Å²) in [6.07, 6.45) is 4.21. The van der Waals surface area contributed by atoms with E-state index in [2.05, 4.69) is 15.0 Å². The van der Waals surface area contributed by atoms with Crippen LogP contribution in [0.5, 0.6) is 5.88 Å². The molecule has 2 aromatic heterocycles. The summed E-state index contributed by atoms with van der Waals surface area (Å²) in [4.78, 5) is 6.76. The number of pyridine rings is 1. The van der Waals surface area contributed by atoms with E-state index in [0.717, 1.165) is 44.0 Å². The zero-order valence-corrected chi connectivity index (χ0v) is 14.9. The highest BCUT2D eigenvalue weighted by atomic mass is 16.5. The van der Waals surface area contributed by atoms with Crippen molar-refractivity contribution in [3.05, 3.63) is 41.4 Å². The lowest BCUT2D eigenvalue weighted by Crippen LogP contribution is -2.48. The van der Waals surface area contributed by atoms with Crippen LogP contribution in [-0.4, -0.2) is 46.9 Å². The maximum Gasteiger partial charge on any atom is 0.213 e. The van der Waals surface area contributed by atoms with Crippen LogP contribution in [0.2, 0.25) is 0 Å². The molecular formula is C19H25N3O3. The first-order valence-electron chi connectivity index (χ1n) is 9.02. The van der Waals surface area contributed by atoms with E-state index >= 15 is 0 Å². The molecule has 3 heterocycles. The molecule has 3 atom stereocenters. The van der Waals surface area contributed by atoms with Crippen molar-refractivity contribution in [2.75, 3.05) is 19.8 Å². The molecule has 0 radical (unpaired) electrons. The van der Waals surface area contributed by atoms with Gasteiger partial charge in [0.1, 0.15) is 5.76 Å². The molecule has 0 spiro atoms. The number of hydrogen-bond acceptors (Lipinski definition) is 6. The number of nitrogens with zero attached hydrogens (tertiary/aromatic N) is 3. The second-order valence-electron chi connectivity index (χ2n) is 7.07. The van der Waals surface area contributed by atoms with Gasteiger partial charge in [0.15, 0.2) is 0 Å². The van der Waals surface area contributed by atoms with E-state index in [0.29, 0.717) is 30.6 Å². The van der Waals surface area contributed by atoms with Crippen LogP contribution in [0, 0.1) is 19.8 Å². The summed E-state index contributed by atoms with van der Waals surface area (Å²) < 4.78 is 17.2. The first-order valence-corrected chi connectivity index (χ1v) is 9.02. The largest absolute Gasteiger partial charge is 0.477 e. The topological polar surface area (TPSA) is 60.6 Å². The van der Waals surface area contributed by atoms with Gasteiger partial charge in [-0.3, -0.25) is 4.90 Å². The molecule has 0 bridgehead atoms. The molecule has 6 heteroatoms. The molecule has 134 valence electrons. The van der Waals surface area contributed by atoms with Gasteiger partial charge in [-0.1, -0.05) is 11.2 Å². The molecule has 1 saturated carbocycles. The number of morpholine rings is 1. The van der Waals surface area contributed by atoms with Crippen LogP contribution < -0.4 is 4.74 Å². The molecule has 2 fully saturated rings. The predicted molar refractivity (Wildman–Crippen MR) is 92.4 cm³/mol. The molecule has 4 rings (SSSR count). The van der Waals surface area contributed by atoms with Crippen LogP contribution in [0.15, 0.2) is 28.9 Å². The molecule has 0 N–H and O–H groups in total. The standard InChI is InChI=1S/C19H25N3O3/c1-13-16(14(2)25-21-13)11-22-7-8-23-18-10-15(9-17(18)22)12-24-19-5-3-4-6-20-19/h3-6,15,17-18H,7-12H2,1-2H3. The zero-order valence-electron chi connectivity index (χ0n) is 14.9. The van der Waals surface area contributed by atoms with Gasteiger partial charge in [0.05, 0.1) is 25.0 Å². The molecule has 6 nitrogen and oxygen atoms in total. The summed E-state index contributed by atoms with van der Waals surface area (Å²) in [5.74, 6) is 2.13. The Morgan fingerprint density at radius 1 is 1.28 bits per heavy atom. The molecule has 2 aliphatic rings. The van der Waals surface area contributed by atoms with Crippen LogP contribution in [0.25, 0.3) is 0 Å². The van der Waals surface area contributed by atoms with Gasteiger partial charge in [-0.25, -0.2) is 4.98 Å². The van der Waals surface area contributed by atoms with E-state index in [1.54, 1.807) is 6.20 Å². The minimum absolute atomic E-state index is 0.298. The van der Waals surface area contributed by atoms with Crippen LogP contribution >= 0.6 is 0 Å². The zero-order chi connectivity index (χ0) is 17.2. The average Bonchev–Trinajstić information content (AvgIpc) is 3.19. The summed E-state index contributed by atoms with van der Waals surface area (Å²) in [6.45, 7) is 7.34. The van der Waals surface area contributed by atoms with E-state index in [-0.39, 0.29) is 0 Å². The number of rotatable bonds is 5. The number of fused-ring (bicyclic) bond motifs is 1. The maximum atomic E-state index is 6.04. The highest BCUT2D eigenvalue weighted by Gasteiger charge is 2.41. The minimum atomic E-state index is 0.298.